The minimum Gasteiger partial charge on any atom is -0.507 e. The third-order valence-electron chi connectivity index (χ3n) is 4.88. The molecule has 0 saturated heterocycles. The molecule has 4 rings (SSSR count). The number of aromatic hydroxyl groups is 1. The molecule has 140 valence electrons. The number of aryl methyl sites for hydroxylation is 1. The van der Waals surface area contributed by atoms with Crippen molar-refractivity contribution in [3.63, 3.8) is 0 Å². The first kappa shape index (κ1) is 17.9. The number of nitrogens with one attached hydrogen (secondary N) is 1. The van der Waals surface area contributed by atoms with E-state index in [1.54, 1.807) is 12.1 Å². The van der Waals surface area contributed by atoms with E-state index in [0.29, 0.717) is 17.7 Å². The van der Waals surface area contributed by atoms with Crippen molar-refractivity contribution in [2.45, 2.75) is 19.9 Å². The predicted octanol–water partition coefficient (Wildman–Crippen LogP) is 5.34. The van der Waals surface area contributed by atoms with Crippen molar-refractivity contribution < 1.29 is 9.52 Å². The summed E-state index contributed by atoms with van der Waals surface area (Å²) in [4.78, 5) is 12.2. The van der Waals surface area contributed by atoms with Crippen LogP contribution in [0.15, 0.2) is 82.0 Å². The Morgan fingerprint density at radius 3 is 2.57 bits per heavy atom. The van der Waals surface area contributed by atoms with Gasteiger partial charge in [-0.3, -0.25) is 0 Å². The van der Waals surface area contributed by atoms with Crippen LogP contribution in [-0.2, 0) is 13.0 Å². The number of anilines is 1. The summed E-state index contributed by atoms with van der Waals surface area (Å²) in [5.74, 6) is 0.0972. The van der Waals surface area contributed by atoms with Crippen molar-refractivity contribution in [2.24, 2.45) is 0 Å². The molecule has 4 heteroatoms. The van der Waals surface area contributed by atoms with Gasteiger partial charge in [-0.15, -0.1) is 0 Å². The van der Waals surface area contributed by atoms with Gasteiger partial charge in [-0.25, -0.2) is 4.79 Å². The van der Waals surface area contributed by atoms with E-state index in [2.05, 4.69) is 24.4 Å². The van der Waals surface area contributed by atoms with Crippen molar-refractivity contribution in [2.75, 3.05) is 5.32 Å². The van der Waals surface area contributed by atoms with E-state index in [-0.39, 0.29) is 5.75 Å². The highest BCUT2D eigenvalue weighted by atomic mass is 16.4. The molecule has 0 unspecified atom stereocenters. The lowest BCUT2D eigenvalue weighted by Gasteiger charge is -2.13. The van der Waals surface area contributed by atoms with Gasteiger partial charge in [0.25, 0.3) is 0 Å². The largest absolute Gasteiger partial charge is 0.507 e. The van der Waals surface area contributed by atoms with Crippen molar-refractivity contribution in [3.05, 3.63) is 94.3 Å². The molecule has 0 bridgehead atoms. The summed E-state index contributed by atoms with van der Waals surface area (Å²) >= 11 is 0. The van der Waals surface area contributed by atoms with Gasteiger partial charge in [-0.1, -0.05) is 49.4 Å². The number of benzene rings is 3. The van der Waals surface area contributed by atoms with Crippen LogP contribution in [0.5, 0.6) is 5.75 Å². The Kier molecular flexibility index (Phi) is 4.85. The fourth-order valence-electron chi connectivity index (χ4n) is 3.39. The van der Waals surface area contributed by atoms with Crippen LogP contribution >= 0.6 is 0 Å². The van der Waals surface area contributed by atoms with Crippen LogP contribution < -0.4 is 10.9 Å². The van der Waals surface area contributed by atoms with Gasteiger partial charge < -0.3 is 14.8 Å². The van der Waals surface area contributed by atoms with Gasteiger partial charge in [0.05, 0.1) is 5.56 Å². The summed E-state index contributed by atoms with van der Waals surface area (Å²) in [7, 11) is 0. The first-order valence-corrected chi connectivity index (χ1v) is 9.32. The van der Waals surface area contributed by atoms with Gasteiger partial charge in [0.1, 0.15) is 11.3 Å². The molecule has 0 atom stereocenters. The average molecular weight is 371 g/mol. The fraction of sp³-hybridized carbons (Fsp3) is 0.125. The second kappa shape index (κ2) is 7.61. The molecule has 1 aromatic heterocycles. The Morgan fingerprint density at radius 2 is 1.79 bits per heavy atom. The second-order valence-corrected chi connectivity index (χ2v) is 6.69. The molecule has 0 aliphatic rings. The third-order valence-corrected chi connectivity index (χ3v) is 4.88. The van der Waals surface area contributed by atoms with E-state index < -0.39 is 5.63 Å². The van der Waals surface area contributed by atoms with Gasteiger partial charge in [0, 0.05) is 23.7 Å². The van der Waals surface area contributed by atoms with Crippen LogP contribution in [0, 0.1) is 0 Å². The molecule has 4 aromatic rings. The van der Waals surface area contributed by atoms with Crippen molar-refractivity contribution in [3.8, 4) is 16.9 Å². The quantitative estimate of drug-likeness (QED) is 0.465. The molecule has 0 aliphatic heterocycles. The van der Waals surface area contributed by atoms with Gasteiger partial charge >= 0.3 is 5.63 Å². The Labute approximate surface area is 163 Å². The summed E-state index contributed by atoms with van der Waals surface area (Å²) in [6.07, 6.45) is 0.949. The molecule has 0 amide bonds. The van der Waals surface area contributed by atoms with E-state index in [0.717, 1.165) is 28.6 Å². The lowest BCUT2D eigenvalue weighted by molar-refractivity contribution is 0.466. The summed E-state index contributed by atoms with van der Waals surface area (Å²) in [6.45, 7) is 2.45. The number of phenolic OH excluding ortho intramolecular Hbond substituents is 1. The number of fused-ring (bicyclic) bond motifs is 1. The molecule has 0 saturated carbocycles. The van der Waals surface area contributed by atoms with Crippen LogP contribution in [-0.4, -0.2) is 5.11 Å². The van der Waals surface area contributed by atoms with Crippen LogP contribution in [0.3, 0.4) is 0 Å². The lowest BCUT2D eigenvalue weighted by atomic mass is 9.99. The SMILES string of the molecule is CCc1cccc(NCc2c(O)ccc3c(-c4ccccc4)cc(=O)oc23)c1. The molecule has 0 radical (unpaired) electrons. The predicted molar refractivity (Wildman–Crippen MR) is 113 cm³/mol. The topological polar surface area (TPSA) is 62.5 Å². The summed E-state index contributed by atoms with van der Waals surface area (Å²) in [5.41, 5.74) is 4.44. The molecule has 0 aliphatic carbocycles. The van der Waals surface area contributed by atoms with E-state index in [1.165, 1.54) is 11.6 Å². The Balaban J connectivity index is 1.79. The van der Waals surface area contributed by atoms with Gasteiger partial charge in [0.15, 0.2) is 0 Å². The monoisotopic (exact) mass is 371 g/mol. The summed E-state index contributed by atoms with van der Waals surface area (Å²) in [5, 5.41) is 14.6. The second-order valence-electron chi connectivity index (χ2n) is 6.69. The molecular weight excluding hydrogens is 350 g/mol. The molecule has 0 fully saturated rings. The van der Waals surface area contributed by atoms with Gasteiger partial charge in [-0.05, 0) is 47.4 Å². The Bertz CT molecular complexity index is 1180. The standard InChI is InChI=1S/C24H21NO3/c1-2-16-7-6-10-18(13-16)25-15-21-22(26)12-11-19-20(14-23(27)28-24(19)21)17-8-4-3-5-9-17/h3-14,25-26H,2,15H2,1H3. The Morgan fingerprint density at radius 1 is 0.964 bits per heavy atom. The molecule has 0 spiro atoms. The van der Waals surface area contributed by atoms with E-state index >= 15 is 0 Å². The van der Waals surface area contributed by atoms with Gasteiger partial charge in [-0.2, -0.15) is 0 Å². The molecular formula is C24H21NO3. The highest BCUT2D eigenvalue weighted by molar-refractivity contribution is 5.95. The summed E-state index contributed by atoms with van der Waals surface area (Å²) in [6, 6.07) is 22.8. The van der Waals surface area contributed by atoms with Crippen LogP contribution in [0.4, 0.5) is 5.69 Å². The lowest BCUT2D eigenvalue weighted by Crippen LogP contribution is -2.04. The number of rotatable bonds is 5. The number of phenols is 1. The smallest absolute Gasteiger partial charge is 0.336 e. The van der Waals surface area contributed by atoms with Crippen molar-refractivity contribution in [1.29, 1.82) is 0 Å². The molecule has 2 N–H and O–H groups in total. The first-order valence-electron chi connectivity index (χ1n) is 9.32. The maximum Gasteiger partial charge on any atom is 0.336 e. The Hall–Kier alpha value is -3.53. The number of hydrogen-bond donors (Lipinski definition) is 2. The van der Waals surface area contributed by atoms with Gasteiger partial charge in [0.2, 0.25) is 0 Å². The van der Waals surface area contributed by atoms with Crippen molar-refractivity contribution in [1.82, 2.24) is 0 Å². The van der Waals surface area contributed by atoms with E-state index in [4.69, 9.17) is 4.42 Å². The van der Waals surface area contributed by atoms with Crippen molar-refractivity contribution >= 4 is 16.7 Å². The molecule has 1 heterocycles. The first-order chi connectivity index (χ1) is 13.7. The molecule has 4 nitrogen and oxygen atoms in total. The zero-order chi connectivity index (χ0) is 19.5. The molecule has 28 heavy (non-hydrogen) atoms. The van der Waals surface area contributed by atoms with E-state index in [1.807, 2.05) is 42.5 Å². The van der Waals surface area contributed by atoms with Crippen LogP contribution in [0.1, 0.15) is 18.1 Å². The zero-order valence-electron chi connectivity index (χ0n) is 15.6. The number of hydrogen-bond acceptors (Lipinski definition) is 4. The van der Waals surface area contributed by atoms with Crippen LogP contribution in [0.2, 0.25) is 0 Å². The zero-order valence-corrected chi connectivity index (χ0v) is 15.6. The maximum atomic E-state index is 12.2. The third kappa shape index (κ3) is 3.49. The minimum absolute atomic E-state index is 0.0972. The highest BCUT2D eigenvalue weighted by Crippen LogP contribution is 2.33. The fourth-order valence-corrected chi connectivity index (χ4v) is 3.39. The molecule has 3 aromatic carbocycles. The minimum atomic E-state index is -0.439. The maximum absolute atomic E-state index is 12.2. The van der Waals surface area contributed by atoms with Crippen LogP contribution in [0.25, 0.3) is 22.1 Å². The average Bonchev–Trinajstić information content (AvgIpc) is 2.73. The highest BCUT2D eigenvalue weighted by Gasteiger charge is 2.14. The normalized spacial score (nSPS) is 10.9. The summed E-state index contributed by atoms with van der Waals surface area (Å²) < 4.78 is 5.51. The van der Waals surface area contributed by atoms with E-state index in [9.17, 15) is 9.90 Å².